The number of carbonyl (C=O) groups excluding carboxylic acids is 2. The van der Waals surface area contributed by atoms with Crippen molar-refractivity contribution < 1.29 is 37.8 Å². The van der Waals surface area contributed by atoms with Crippen LogP contribution in [0.3, 0.4) is 0 Å². The van der Waals surface area contributed by atoms with E-state index in [0.717, 1.165) is 87.9 Å². The number of aliphatic hydroxyl groups is 1. The molecule has 6 atom stereocenters. The Morgan fingerprint density at radius 1 is 0.916 bits per heavy atom. The van der Waals surface area contributed by atoms with Crippen molar-refractivity contribution in [2.75, 3.05) is 68.8 Å². The van der Waals surface area contributed by atoms with Crippen LogP contribution in [0.5, 0.6) is 11.8 Å². The number of pyridine rings is 1. The van der Waals surface area contributed by atoms with E-state index in [1.165, 1.54) is 29.2 Å². The van der Waals surface area contributed by atoms with Crippen LogP contribution in [-0.4, -0.2) is 145 Å². The third kappa shape index (κ3) is 11.4. The summed E-state index contributed by atoms with van der Waals surface area (Å²) >= 11 is 0. The van der Waals surface area contributed by atoms with Gasteiger partial charge in [0.25, 0.3) is 0 Å². The van der Waals surface area contributed by atoms with E-state index in [1.54, 1.807) is 12.4 Å². The number of halogens is 2. The van der Waals surface area contributed by atoms with Crippen molar-refractivity contribution in [2.45, 2.75) is 108 Å². The van der Waals surface area contributed by atoms with Crippen molar-refractivity contribution in [1.82, 2.24) is 50.3 Å². The number of carbonyl (C=O) groups is 2. The fraction of sp³-hybridized carbons (Fsp3) is 0.476. The summed E-state index contributed by atoms with van der Waals surface area (Å²) in [5.41, 5.74) is 2.92. The largest absolute Gasteiger partial charge is 0.508 e. The number of anilines is 2. The van der Waals surface area contributed by atoms with Crippen LogP contribution in [0.1, 0.15) is 101 Å². The molecular formula is C63H72F2N12O6. The molecule has 18 nitrogen and oxygen atoms in total. The molecule has 20 heteroatoms. The number of ether oxygens (including phenoxy) is 1. The van der Waals surface area contributed by atoms with Crippen LogP contribution in [0.15, 0.2) is 77.6 Å². The van der Waals surface area contributed by atoms with E-state index in [1.807, 2.05) is 68.9 Å². The minimum absolute atomic E-state index is 0.0175. The molecule has 5 fully saturated rings. The lowest BCUT2D eigenvalue weighted by Gasteiger charge is -2.36. The second kappa shape index (κ2) is 23.5. The molecule has 7 aromatic rings. The van der Waals surface area contributed by atoms with Crippen molar-refractivity contribution in [3.8, 4) is 46.6 Å². The normalized spacial score (nSPS) is 21.5. The third-order valence-corrected chi connectivity index (χ3v) is 18.1. The first kappa shape index (κ1) is 55.8. The summed E-state index contributed by atoms with van der Waals surface area (Å²) < 4.78 is 46.2. The first-order chi connectivity index (χ1) is 40.2. The van der Waals surface area contributed by atoms with Gasteiger partial charge in [0.2, 0.25) is 11.8 Å². The van der Waals surface area contributed by atoms with E-state index in [0.29, 0.717) is 66.2 Å². The van der Waals surface area contributed by atoms with Gasteiger partial charge in [-0.25, -0.2) is 8.78 Å². The van der Waals surface area contributed by atoms with Crippen LogP contribution >= 0.6 is 0 Å². The first-order valence-corrected chi connectivity index (χ1v) is 29.4. The number of amides is 2. The lowest BCUT2D eigenvalue weighted by atomic mass is 9.83. The number of likely N-dealkylation sites (tertiary alicyclic amines) is 2. The van der Waals surface area contributed by atoms with E-state index >= 15 is 8.78 Å². The minimum Gasteiger partial charge on any atom is -0.508 e. The minimum atomic E-state index is -0.828. The molecule has 3 aromatic carbocycles. The Bertz CT molecular complexity index is 3560. The molecule has 5 aliphatic heterocycles. The number of phenols is 1. The van der Waals surface area contributed by atoms with Gasteiger partial charge in [-0.3, -0.25) is 24.2 Å². The van der Waals surface area contributed by atoms with Crippen molar-refractivity contribution in [3.05, 3.63) is 102 Å². The number of hydrogen-bond donors (Lipinski definition) is 4. The van der Waals surface area contributed by atoms with Crippen LogP contribution in [0.25, 0.3) is 44.2 Å². The molecule has 0 saturated carbocycles. The number of piperazine rings is 1. The van der Waals surface area contributed by atoms with Gasteiger partial charge in [-0.05, 0) is 123 Å². The van der Waals surface area contributed by atoms with Gasteiger partial charge >= 0.3 is 6.01 Å². The van der Waals surface area contributed by atoms with E-state index in [-0.39, 0.29) is 88.3 Å². The predicted octanol–water partition coefficient (Wildman–Crippen LogP) is 8.12. The van der Waals surface area contributed by atoms with E-state index in [9.17, 15) is 19.8 Å². The topological polar surface area (TPSA) is 203 Å². The molecule has 9 heterocycles. The van der Waals surface area contributed by atoms with Crippen LogP contribution in [0.4, 0.5) is 20.4 Å². The number of nitrogens with zero attached hydrogens (tertiary/aromatic N) is 10. The number of fused-ring (bicyclic) bond motifs is 4. The van der Waals surface area contributed by atoms with Gasteiger partial charge in [-0.15, -0.1) is 6.42 Å². The number of terminal acetylenes is 1. The number of aromatic nitrogens is 6. The fourth-order valence-electron chi connectivity index (χ4n) is 13.6. The van der Waals surface area contributed by atoms with Crippen molar-refractivity contribution in [2.24, 2.45) is 24.8 Å². The average molecular weight is 1130 g/mol. The zero-order valence-corrected chi connectivity index (χ0v) is 47.5. The van der Waals surface area contributed by atoms with Gasteiger partial charge in [-0.2, -0.15) is 15.1 Å². The standard InChI is InChI=1S/C63H72F2N12O6/c1-6-47-50(64)14-11-42-28-45(78)29-48(56(42)47)58-57(65)59-49(32-66-58)60(76-33-43-12-13-44(34-76)69-43)71-63(70-59)82-26-25-74-21-16-38(17-22-74)27-39-18-23-75(24-19-39)54-31-53(83-72-54)55(36(2)3)62(81)77-35-46(79)30-52(77)61(80)68-37(4)40-7-9-41(10-8-40)51-15-20-67-73(51)5/h1,7-11,14-15,20,28-29,31-32,36-39,43-44,46,52,55,69,78-79H,12-13,16-19,21-27,30,33-35H2,2-5H3,(H,68,80)/t37?,43?,44?,46-,52+,55?/m1/s1. The summed E-state index contributed by atoms with van der Waals surface area (Å²) in [4.78, 5) is 50.7. The highest BCUT2D eigenvalue weighted by Gasteiger charge is 2.44. The van der Waals surface area contributed by atoms with Crippen molar-refractivity contribution in [3.63, 3.8) is 0 Å². The highest BCUT2D eigenvalue weighted by molar-refractivity contribution is 6.03. The molecule has 2 bridgehead atoms. The van der Waals surface area contributed by atoms with Crippen LogP contribution < -0.4 is 25.2 Å². The lowest BCUT2D eigenvalue weighted by molar-refractivity contribution is -0.141. The van der Waals surface area contributed by atoms with Crippen molar-refractivity contribution in [1.29, 1.82) is 0 Å². The molecule has 12 rings (SSSR count). The molecule has 0 aliphatic carbocycles. The molecule has 83 heavy (non-hydrogen) atoms. The fourth-order valence-corrected chi connectivity index (χ4v) is 13.6. The Morgan fingerprint density at radius 3 is 2.35 bits per heavy atom. The molecule has 5 saturated heterocycles. The number of aromatic hydroxyl groups is 1. The van der Waals surface area contributed by atoms with E-state index in [4.69, 9.17) is 20.7 Å². The number of piperidine rings is 2. The number of β-amino-alcohol motifs (C(OH)–C–C–N with tert-alkyl or cyclic N) is 1. The maximum atomic E-state index is 17.1. The van der Waals surface area contributed by atoms with Gasteiger partial charge in [0, 0.05) is 94.2 Å². The zero-order valence-electron chi connectivity index (χ0n) is 47.5. The first-order valence-electron chi connectivity index (χ1n) is 29.4. The molecule has 4 aromatic heterocycles. The summed E-state index contributed by atoms with van der Waals surface area (Å²) in [6.07, 6.45) is 15.8. The van der Waals surface area contributed by atoms with E-state index < -0.39 is 29.7 Å². The maximum Gasteiger partial charge on any atom is 0.319 e. The Morgan fingerprint density at radius 2 is 1.65 bits per heavy atom. The second-order valence-electron chi connectivity index (χ2n) is 23.9. The Hall–Kier alpha value is -7.73. The molecular weight excluding hydrogens is 1060 g/mol. The highest BCUT2D eigenvalue weighted by atomic mass is 19.1. The molecule has 2 amide bonds. The molecule has 4 unspecified atom stereocenters. The summed E-state index contributed by atoms with van der Waals surface area (Å²) in [7, 11) is 1.89. The van der Waals surface area contributed by atoms with Gasteiger partial charge in [0.1, 0.15) is 47.2 Å². The summed E-state index contributed by atoms with van der Waals surface area (Å²) in [5, 5.41) is 38.2. The smallest absolute Gasteiger partial charge is 0.319 e. The molecule has 4 N–H and O–H groups in total. The lowest BCUT2D eigenvalue weighted by Crippen LogP contribution is -2.51. The number of rotatable bonds is 16. The van der Waals surface area contributed by atoms with Crippen molar-refractivity contribution >= 4 is 45.1 Å². The van der Waals surface area contributed by atoms with Gasteiger partial charge in [0.15, 0.2) is 17.4 Å². The number of hydrogen-bond acceptors (Lipinski definition) is 15. The SMILES string of the molecule is C#Cc1c(F)ccc2cc(O)cc(-c3ncc4c(N5CC6CCC(C5)N6)nc(OCCN5CCC(CC6CCN(c7cc(C(C(=O)N8C[C@H](O)C[C@H]8C(=O)NC(C)c8ccc(-c9ccnn9C)cc8)C(C)C)on7)CC6)CC5)nc4c3F)c12. The molecule has 5 aliphatic rings. The van der Waals surface area contributed by atoms with Crippen LogP contribution in [-0.2, 0) is 16.6 Å². The molecule has 0 radical (unpaired) electrons. The molecule has 434 valence electrons. The van der Waals surface area contributed by atoms with Gasteiger partial charge in [-0.1, -0.05) is 55.3 Å². The summed E-state index contributed by atoms with van der Waals surface area (Å²) in [6.45, 7) is 11.8. The Kier molecular flexibility index (Phi) is 15.8. The third-order valence-electron chi connectivity index (χ3n) is 18.1. The van der Waals surface area contributed by atoms with Crippen LogP contribution in [0.2, 0.25) is 0 Å². The number of nitrogens with one attached hydrogen (secondary N) is 2. The number of aryl methyl sites for hydroxylation is 1. The predicted molar refractivity (Wildman–Crippen MR) is 312 cm³/mol. The number of phenolic OH excluding ortho intramolecular Hbond substituents is 1. The van der Waals surface area contributed by atoms with Gasteiger partial charge in [0.05, 0.1) is 28.8 Å². The Labute approximate surface area is 481 Å². The average Bonchev–Trinajstić information content (AvgIpc) is 4.31. The number of aliphatic hydroxyl groups excluding tert-OH is 1. The number of benzene rings is 3. The summed E-state index contributed by atoms with van der Waals surface area (Å²) in [6, 6.07) is 16.8. The molecule has 0 spiro atoms. The Balaban J connectivity index is 0.638. The van der Waals surface area contributed by atoms with E-state index in [2.05, 4.69) is 51.5 Å². The van der Waals surface area contributed by atoms with Gasteiger partial charge < -0.3 is 44.8 Å². The highest BCUT2D eigenvalue weighted by Crippen LogP contribution is 2.41. The zero-order chi connectivity index (χ0) is 57.6. The van der Waals surface area contributed by atoms with Crippen LogP contribution in [0, 0.1) is 41.7 Å². The maximum absolute atomic E-state index is 17.1. The summed E-state index contributed by atoms with van der Waals surface area (Å²) in [5.74, 6) is 2.36. The monoisotopic (exact) mass is 1130 g/mol. The quantitative estimate of drug-likeness (QED) is 0.0675. The second-order valence-corrected chi connectivity index (χ2v) is 23.9.